The Hall–Kier alpha value is -0.560. The molecule has 0 aliphatic heterocycles. The van der Waals surface area contributed by atoms with E-state index < -0.39 is 0 Å². The van der Waals surface area contributed by atoms with Crippen molar-refractivity contribution in [2.75, 3.05) is 24.7 Å². The van der Waals surface area contributed by atoms with Gasteiger partial charge in [-0.3, -0.25) is 0 Å². The van der Waals surface area contributed by atoms with Crippen molar-refractivity contribution in [2.24, 2.45) is 0 Å². The van der Waals surface area contributed by atoms with Gasteiger partial charge in [-0.1, -0.05) is 0 Å². The van der Waals surface area contributed by atoms with Gasteiger partial charge >= 0.3 is 0 Å². The molecule has 5 heteroatoms. The van der Waals surface area contributed by atoms with E-state index in [9.17, 15) is 4.39 Å². The number of nitrogen functional groups attached to an aromatic ring is 1. The van der Waals surface area contributed by atoms with E-state index in [0.29, 0.717) is 21.5 Å². The molecule has 0 heterocycles. The summed E-state index contributed by atoms with van der Waals surface area (Å²) in [7, 11) is 1.72. The molecule has 0 radical (unpaired) electrons. The smallest absolute Gasteiger partial charge is 0.138 e. The molecule has 0 spiro atoms. The molecule has 1 saturated carbocycles. The zero-order valence-electron chi connectivity index (χ0n) is 9.72. The molecule has 3 N–H and O–H groups in total. The Morgan fingerprint density at radius 1 is 1.53 bits per heavy atom. The molecule has 1 fully saturated rings. The van der Waals surface area contributed by atoms with E-state index in [1.54, 1.807) is 13.2 Å². The Bertz CT molecular complexity index is 416. The first-order valence-electron chi connectivity index (χ1n) is 5.60. The topological polar surface area (TPSA) is 47.3 Å². The summed E-state index contributed by atoms with van der Waals surface area (Å²) < 4.78 is 19.5. The molecule has 0 saturated heterocycles. The lowest BCUT2D eigenvalue weighted by Crippen LogP contribution is -2.45. The van der Waals surface area contributed by atoms with E-state index in [-0.39, 0.29) is 11.4 Å². The van der Waals surface area contributed by atoms with Gasteiger partial charge in [-0.15, -0.1) is 0 Å². The van der Waals surface area contributed by atoms with E-state index >= 15 is 0 Å². The van der Waals surface area contributed by atoms with Crippen molar-refractivity contribution < 1.29 is 9.13 Å². The van der Waals surface area contributed by atoms with Crippen LogP contribution < -0.4 is 11.1 Å². The van der Waals surface area contributed by atoms with Gasteiger partial charge in [-0.25, -0.2) is 4.39 Å². The predicted molar refractivity (Wildman–Crippen MR) is 75.6 cm³/mol. The molecule has 1 aromatic carbocycles. The SMILES string of the molecule is COC1(CNc2cc(F)c(I)cc2N)CCC1. The molecule has 1 aromatic rings. The lowest BCUT2D eigenvalue weighted by molar-refractivity contribution is -0.0601. The second-order valence-corrected chi connectivity index (χ2v) is 5.61. The summed E-state index contributed by atoms with van der Waals surface area (Å²) in [6, 6.07) is 3.08. The number of nitrogens with one attached hydrogen (secondary N) is 1. The van der Waals surface area contributed by atoms with E-state index in [1.807, 2.05) is 22.6 Å². The van der Waals surface area contributed by atoms with Crippen LogP contribution in [0.25, 0.3) is 0 Å². The average Bonchev–Trinajstić information content (AvgIpc) is 2.24. The fourth-order valence-corrected chi connectivity index (χ4v) is 2.49. The fraction of sp³-hybridized carbons (Fsp3) is 0.500. The maximum Gasteiger partial charge on any atom is 0.138 e. The number of ether oxygens (including phenoxy) is 1. The van der Waals surface area contributed by atoms with Gasteiger partial charge in [0.25, 0.3) is 0 Å². The standard InChI is InChI=1S/C12H16FIN2O/c1-17-12(3-2-4-12)7-16-11-5-8(13)9(14)6-10(11)15/h5-6,16H,2-4,7,15H2,1H3. The van der Waals surface area contributed by atoms with Crippen LogP contribution in [0.15, 0.2) is 12.1 Å². The van der Waals surface area contributed by atoms with Crippen molar-refractivity contribution in [3.63, 3.8) is 0 Å². The maximum atomic E-state index is 13.4. The van der Waals surface area contributed by atoms with Gasteiger partial charge in [0.1, 0.15) is 5.82 Å². The van der Waals surface area contributed by atoms with Crippen molar-refractivity contribution in [1.29, 1.82) is 0 Å². The van der Waals surface area contributed by atoms with Crippen LogP contribution in [0.2, 0.25) is 0 Å². The first kappa shape index (κ1) is 12.9. The first-order valence-corrected chi connectivity index (χ1v) is 6.68. The second-order valence-electron chi connectivity index (χ2n) is 4.45. The number of benzene rings is 1. The van der Waals surface area contributed by atoms with E-state index in [0.717, 1.165) is 12.8 Å². The van der Waals surface area contributed by atoms with Crippen molar-refractivity contribution >= 4 is 34.0 Å². The van der Waals surface area contributed by atoms with Gasteiger partial charge in [0, 0.05) is 19.7 Å². The lowest BCUT2D eigenvalue weighted by atomic mass is 9.80. The summed E-state index contributed by atoms with van der Waals surface area (Å²) in [6.45, 7) is 0.674. The van der Waals surface area contributed by atoms with Gasteiger partial charge < -0.3 is 15.8 Å². The molecule has 0 amide bonds. The molecular weight excluding hydrogens is 334 g/mol. The Labute approximate surface area is 114 Å². The van der Waals surface area contributed by atoms with Crippen LogP contribution in [0.3, 0.4) is 0 Å². The lowest BCUT2D eigenvalue weighted by Gasteiger charge is -2.40. The Balaban J connectivity index is 2.06. The zero-order valence-corrected chi connectivity index (χ0v) is 11.9. The molecule has 3 nitrogen and oxygen atoms in total. The molecule has 0 atom stereocenters. The third kappa shape index (κ3) is 2.65. The Morgan fingerprint density at radius 3 is 2.76 bits per heavy atom. The number of rotatable bonds is 4. The van der Waals surface area contributed by atoms with Gasteiger partial charge in [-0.05, 0) is 47.9 Å². The third-order valence-corrected chi connectivity index (χ3v) is 4.22. The van der Waals surface area contributed by atoms with Crippen LogP contribution >= 0.6 is 22.6 Å². The summed E-state index contributed by atoms with van der Waals surface area (Å²) in [5.41, 5.74) is 6.97. The third-order valence-electron chi connectivity index (χ3n) is 3.39. The van der Waals surface area contributed by atoms with E-state index in [2.05, 4.69) is 5.32 Å². The Kier molecular flexibility index (Phi) is 3.77. The number of hydrogen-bond acceptors (Lipinski definition) is 3. The molecule has 1 aliphatic rings. The number of halogens is 2. The fourth-order valence-electron chi connectivity index (χ4n) is 2.00. The minimum atomic E-state index is -0.248. The van der Waals surface area contributed by atoms with E-state index in [1.165, 1.54) is 12.5 Å². The zero-order chi connectivity index (χ0) is 12.5. The van der Waals surface area contributed by atoms with Crippen molar-refractivity contribution in [3.8, 4) is 0 Å². The maximum absolute atomic E-state index is 13.4. The molecule has 17 heavy (non-hydrogen) atoms. The highest BCUT2D eigenvalue weighted by molar-refractivity contribution is 14.1. The first-order chi connectivity index (χ1) is 8.06. The van der Waals surface area contributed by atoms with Crippen LogP contribution in [-0.4, -0.2) is 19.3 Å². The average molecular weight is 350 g/mol. The van der Waals surface area contributed by atoms with Crippen molar-refractivity contribution in [2.45, 2.75) is 24.9 Å². The quantitative estimate of drug-likeness (QED) is 0.648. The molecule has 94 valence electrons. The molecule has 1 aliphatic carbocycles. The van der Waals surface area contributed by atoms with Crippen LogP contribution in [0, 0.1) is 9.39 Å². The van der Waals surface area contributed by atoms with Crippen LogP contribution in [-0.2, 0) is 4.74 Å². The van der Waals surface area contributed by atoms with Crippen LogP contribution in [0.1, 0.15) is 19.3 Å². The second kappa shape index (κ2) is 4.97. The number of anilines is 2. The molecule has 0 bridgehead atoms. The van der Waals surface area contributed by atoms with Crippen molar-refractivity contribution in [1.82, 2.24) is 0 Å². The molecule has 2 rings (SSSR count). The number of nitrogens with two attached hydrogens (primary N) is 1. The molecule has 0 aromatic heterocycles. The Morgan fingerprint density at radius 2 is 2.24 bits per heavy atom. The van der Waals surface area contributed by atoms with Gasteiger partial charge in [0.15, 0.2) is 0 Å². The highest BCUT2D eigenvalue weighted by atomic mass is 127. The van der Waals surface area contributed by atoms with E-state index in [4.69, 9.17) is 10.5 Å². The van der Waals surface area contributed by atoms with Crippen LogP contribution in [0.4, 0.5) is 15.8 Å². The number of methoxy groups -OCH3 is 1. The normalized spacial score (nSPS) is 17.6. The monoisotopic (exact) mass is 350 g/mol. The minimum absolute atomic E-state index is 0.0914. The summed E-state index contributed by atoms with van der Waals surface area (Å²) in [5, 5.41) is 3.18. The summed E-state index contributed by atoms with van der Waals surface area (Å²) >= 11 is 1.93. The largest absolute Gasteiger partial charge is 0.397 e. The van der Waals surface area contributed by atoms with Gasteiger partial charge in [0.05, 0.1) is 20.5 Å². The van der Waals surface area contributed by atoms with Gasteiger partial charge in [-0.2, -0.15) is 0 Å². The summed E-state index contributed by atoms with van der Waals surface area (Å²) in [6.07, 6.45) is 3.28. The predicted octanol–water partition coefficient (Wildman–Crippen LogP) is 2.99. The summed E-state index contributed by atoms with van der Waals surface area (Å²) in [5.74, 6) is -0.248. The van der Waals surface area contributed by atoms with Gasteiger partial charge in [0.2, 0.25) is 0 Å². The number of hydrogen-bond donors (Lipinski definition) is 2. The summed E-state index contributed by atoms with van der Waals surface area (Å²) in [4.78, 5) is 0. The van der Waals surface area contributed by atoms with Crippen LogP contribution in [0.5, 0.6) is 0 Å². The highest BCUT2D eigenvalue weighted by Gasteiger charge is 2.36. The minimum Gasteiger partial charge on any atom is -0.397 e. The molecular formula is C12H16FIN2O. The van der Waals surface area contributed by atoms with Crippen molar-refractivity contribution in [3.05, 3.63) is 21.5 Å². The highest BCUT2D eigenvalue weighted by Crippen LogP contribution is 2.35. The molecule has 0 unspecified atom stereocenters.